The summed E-state index contributed by atoms with van der Waals surface area (Å²) in [7, 11) is 1.43. The van der Waals surface area contributed by atoms with Crippen LogP contribution in [0.5, 0.6) is 0 Å². The van der Waals surface area contributed by atoms with Gasteiger partial charge in [-0.15, -0.1) is 0 Å². The molecule has 17 heavy (non-hydrogen) atoms. The number of aromatic nitrogens is 1. The van der Waals surface area contributed by atoms with Crippen LogP contribution < -0.4 is 5.73 Å². The van der Waals surface area contributed by atoms with Gasteiger partial charge in [-0.2, -0.15) is 0 Å². The first-order valence-electron chi connectivity index (χ1n) is 5.73. The molecule has 1 aromatic rings. The van der Waals surface area contributed by atoms with Crippen LogP contribution in [-0.2, 0) is 16.1 Å². The van der Waals surface area contributed by atoms with Gasteiger partial charge < -0.3 is 10.5 Å². The van der Waals surface area contributed by atoms with Crippen molar-refractivity contribution in [3.05, 3.63) is 24.0 Å². The summed E-state index contributed by atoms with van der Waals surface area (Å²) in [5.41, 5.74) is 7.29. The fourth-order valence-corrected chi connectivity index (χ4v) is 2.21. The number of carbonyl (C=O) groups excluding carboxylic acids is 1. The molecule has 1 fully saturated rings. The molecule has 1 unspecified atom stereocenters. The lowest BCUT2D eigenvalue weighted by Gasteiger charge is -2.21. The van der Waals surface area contributed by atoms with Gasteiger partial charge in [0.15, 0.2) is 0 Å². The summed E-state index contributed by atoms with van der Waals surface area (Å²) >= 11 is 0. The quantitative estimate of drug-likeness (QED) is 0.785. The number of nitrogens with zero attached hydrogens (tertiary/aromatic N) is 2. The normalized spacial score (nSPS) is 20.4. The summed E-state index contributed by atoms with van der Waals surface area (Å²) < 4.78 is 4.80. The lowest BCUT2D eigenvalue weighted by Crippen LogP contribution is -2.36. The minimum Gasteiger partial charge on any atom is -0.468 e. The van der Waals surface area contributed by atoms with Crippen molar-refractivity contribution in [1.29, 1.82) is 0 Å². The summed E-state index contributed by atoms with van der Waals surface area (Å²) in [5.74, 6) is -0.161. The molecule has 0 radical (unpaired) electrons. The molecule has 1 aliphatic heterocycles. The third-order valence-electron chi connectivity index (χ3n) is 3.04. The number of rotatable bonds is 3. The third kappa shape index (κ3) is 2.74. The molecule has 1 saturated heterocycles. The van der Waals surface area contributed by atoms with Crippen molar-refractivity contribution in [3.8, 4) is 0 Å². The molecule has 1 aromatic heterocycles. The second kappa shape index (κ2) is 5.14. The lowest BCUT2D eigenvalue weighted by atomic mass is 10.2. The second-order valence-corrected chi connectivity index (χ2v) is 4.23. The number of esters is 1. The molecule has 2 N–H and O–H groups in total. The molecule has 0 aliphatic carbocycles. The standard InChI is InChI=1S/C12H17N3O2/c1-17-12(16)11-3-2-6-15(11)8-10-7-9(13)4-5-14-10/h4-5,7,11H,2-3,6,8H2,1H3,(H2,13,14). The van der Waals surface area contributed by atoms with Crippen LogP contribution in [0.15, 0.2) is 18.3 Å². The van der Waals surface area contributed by atoms with E-state index in [2.05, 4.69) is 9.88 Å². The van der Waals surface area contributed by atoms with Crippen LogP contribution >= 0.6 is 0 Å². The van der Waals surface area contributed by atoms with E-state index >= 15 is 0 Å². The number of ether oxygens (including phenoxy) is 1. The van der Waals surface area contributed by atoms with E-state index in [9.17, 15) is 4.79 Å². The van der Waals surface area contributed by atoms with Crippen LogP contribution in [0.2, 0.25) is 0 Å². The number of likely N-dealkylation sites (tertiary alicyclic amines) is 1. The third-order valence-corrected chi connectivity index (χ3v) is 3.04. The zero-order valence-corrected chi connectivity index (χ0v) is 9.93. The van der Waals surface area contributed by atoms with Crippen molar-refractivity contribution >= 4 is 11.7 Å². The molecule has 0 amide bonds. The van der Waals surface area contributed by atoms with Gasteiger partial charge in [-0.25, -0.2) is 0 Å². The van der Waals surface area contributed by atoms with E-state index in [1.807, 2.05) is 6.07 Å². The molecule has 0 bridgehead atoms. The maximum Gasteiger partial charge on any atom is 0.323 e. The Morgan fingerprint density at radius 3 is 3.24 bits per heavy atom. The van der Waals surface area contributed by atoms with Crippen molar-refractivity contribution in [2.24, 2.45) is 0 Å². The number of nitrogens with two attached hydrogens (primary N) is 1. The van der Waals surface area contributed by atoms with Crippen molar-refractivity contribution in [1.82, 2.24) is 9.88 Å². The highest BCUT2D eigenvalue weighted by Gasteiger charge is 2.31. The van der Waals surface area contributed by atoms with Crippen LogP contribution in [0.3, 0.4) is 0 Å². The van der Waals surface area contributed by atoms with Crippen LogP contribution in [0, 0.1) is 0 Å². The molecule has 0 spiro atoms. The number of pyridine rings is 1. The van der Waals surface area contributed by atoms with E-state index in [0.717, 1.165) is 25.1 Å². The van der Waals surface area contributed by atoms with Gasteiger partial charge in [0.25, 0.3) is 0 Å². The highest BCUT2D eigenvalue weighted by Crippen LogP contribution is 2.20. The highest BCUT2D eigenvalue weighted by atomic mass is 16.5. The lowest BCUT2D eigenvalue weighted by molar-refractivity contribution is -0.146. The zero-order chi connectivity index (χ0) is 12.3. The van der Waals surface area contributed by atoms with Crippen LogP contribution in [0.1, 0.15) is 18.5 Å². The van der Waals surface area contributed by atoms with E-state index in [1.165, 1.54) is 7.11 Å². The molecular weight excluding hydrogens is 218 g/mol. The van der Waals surface area contributed by atoms with Gasteiger partial charge in [0.05, 0.1) is 12.8 Å². The average molecular weight is 235 g/mol. The first-order valence-corrected chi connectivity index (χ1v) is 5.73. The number of anilines is 1. The summed E-state index contributed by atoms with van der Waals surface area (Å²) in [6, 6.07) is 3.46. The Kier molecular flexibility index (Phi) is 3.58. The van der Waals surface area contributed by atoms with E-state index < -0.39 is 0 Å². The van der Waals surface area contributed by atoms with Crippen molar-refractivity contribution < 1.29 is 9.53 Å². The smallest absolute Gasteiger partial charge is 0.323 e. The van der Waals surface area contributed by atoms with Gasteiger partial charge in [0, 0.05) is 18.4 Å². The first-order chi connectivity index (χ1) is 8.20. The fourth-order valence-electron chi connectivity index (χ4n) is 2.21. The zero-order valence-electron chi connectivity index (χ0n) is 9.93. The Labute approximate surface area is 101 Å². The SMILES string of the molecule is COC(=O)C1CCCN1Cc1cc(N)ccn1. The van der Waals surface area contributed by atoms with Crippen LogP contribution in [0.4, 0.5) is 5.69 Å². The van der Waals surface area contributed by atoms with Gasteiger partial charge in [-0.1, -0.05) is 0 Å². The van der Waals surface area contributed by atoms with E-state index in [-0.39, 0.29) is 12.0 Å². The minimum absolute atomic E-state index is 0.136. The van der Waals surface area contributed by atoms with Crippen LogP contribution in [0.25, 0.3) is 0 Å². The molecule has 1 aliphatic rings. The van der Waals surface area contributed by atoms with Gasteiger partial charge in [0.1, 0.15) is 6.04 Å². The average Bonchev–Trinajstić information content (AvgIpc) is 2.76. The van der Waals surface area contributed by atoms with Gasteiger partial charge >= 0.3 is 5.97 Å². The van der Waals surface area contributed by atoms with Crippen LogP contribution in [-0.4, -0.2) is 35.5 Å². The van der Waals surface area contributed by atoms with Crippen molar-refractivity contribution in [3.63, 3.8) is 0 Å². The van der Waals surface area contributed by atoms with E-state index in [0.29, 0.717) is 12.2 Å². The molecule has 1 atom stereocenters. The van der Waals surface area contributed by atoms with Gasteiger partial charge in [-0.05, 0) is 31.5 Å². The summed E-state index contributed by atoms with van der Waals surface area (Å²) in [6.07, 6.45) is 3.56. The minimum atomic E-state index is -0.161. The number of hydrogen-bond acceptors (Lipinski definition) is 5. The summed E-state index contributed by atoms with van der Waals surface area (Å²) in [5, 5.41) is 0. The van der Waals surface area contributed by atoms with E-state index in [1.54, 1.807) is 12.3 Å². The Morgan fingerprint density at radius 1 is 1.71 bits per heavy atom. The Morgan fingerprint density at radius 2 is 2.53 bits per heavy atom. The molecule has 92 valence electrons. The maximum absolute atomic E-state index is 11.6. The Balaban J connectivity index is 2.05. The van der Waals surface area contributed by atoms with Gasteiger partial charge in [0.2, 0.25) is 0 Å². The van der Waals surface area contributed by atoms with Crippen molar-refractivity contribution in [2.45, 2.75) is 25.4 Å². The van der Waals surface area contributed by atoms with Crippen molar-refractivity contribution in [2.75, 3.05) is 19.4 Å². The fraction of sp³-hybridized carbons (Fsp3) is 0.500. The highest BCUT2D eigenvalue weighted by molar-refractivity contribution is 5.75. The molecule has 0 aromatic carbocycles. The predicted octanol–water partition coefficient (Wildman–Crippen LogP) is 0.801. The second-order valence-electron chi connectivity index (χ2n) is 4.23. The molecule has 0 saturated carbocycles. The molecule has 5 nitrogen and oxygen atoms in total. The predicted molar refractivity (Wildman–Crippen MR) is 64.1 cm³/mol. The number of methoxy groups -OCH3 is 1. The van der Waals surface area contributed by atoms with Gasteiger partial charge in [-0.3, -0.25) is 14.7 Å². The number of nitrogen functional groups attached to an aromatic ring is 1. The molecular formula is C12H17N3O2. The molecule has 2 heterocycles. The largest absolute Gasteiger partial charge is 0.468 e. The first kappa shape index (κ1) is 11.9. The Hall–Kier alpha value is -1.62. The number of carbonyl (C=O) groups is 1. The monoisotopic (exact) mass is 235 g/mol. The number of hydrogen-bond donors (Lipinski definition) is 1. The summed E-state index contributed by atoms with van der Waals surface area (Å²) in [4.78, 5) is 17.9. The molecule has 2 rings (SSSR count). The van der Waals surface area contributed by atoms with E-state index in [4.69, 9.17) is 10.5 Å². The molecule has 5 heteroatoms. The topological polar surface area (TPSA) is 68.5 Å². The maximum atomic E-state index is 11.6. The Bertz CT molecular complexity index is 408. The summed E-state index contributed by atoms with van der Waals surface area (Å²) in [6.45, 7) is 1.54.